The molecule has 1 aromatic heterocycles. The van der Waals surface area contributed by atoms with Gasteiger partial charge in [-0.15, -0.1) is 12.4 Å². The van der Waals surface area contributed by atoms with Gasteiger partial charge in [0.2, 0.25) is 0 Å². The Hall–Kier alpha value is -2.05. The van der Waals surface area contributed by atoms with E-state index < -0.39 is 0 Å². The predicted molar refractivity (Wildman–Crippen MR) is 94.6 cm³/mol. The number of hydrogen-bond acceptors (Lipinski definition) is 5. The zero-order valence-corrected chi connectivity index (χ0v) is 14.8. The SMILES string of the molecule is Cc1noc(C)c1COc1ccccc1C(=O)NCCCCN.Cl. The van der Waals surface area contributed by atoms with Crippen molar-refractivity contribution in [2.24, 2.45) is 5.73 Å². The van der Waals surface area contributed by atoms with E-state index in [9.17, 15) is 4.79 Å². The van der Waals surface area contributed by atoms with E-state index in [1.165, 1.54) is 0 Å². The number of nitrogens with one attached hydrogen (secondary N) is 1. The van der Waals surface area contributed by atoms with Crippen molar-refractivity contribution < 1.29 is 14.1 Å². The predicted octanol–water partition coefficient (Wildman–Crippen LogP) is 2.76. The molecule has 0 bridgehead atoms. The number of nitrogens with two attached hydrogens (primary N) is 1. The first-order valence-corrected chi connectivity index (χ1v) is 7.75. The minimum absolute atomic E-state index is 0. The van der Waals surface area contributed by atoms with Gasteiger partial charge in [-0.3, -0.25) is 4.79 Å². The van der Waals surface area contributed by atoms with E-state index in [-0.39, 0.29) is 18.3 Å². The Kier molecular flexibility index (Phi) is 8.29. The van der Waals surface area contributed by atoms with Crippen LogP contribution in [0.4, 0.5) is 0 Å². The molecule has 2 rings (SSSR count). The fourth-order valence-corrected chi connectivity index (χ4v) is 2.20. The number of carbonyl (C=O) groups is 1. The van der Waals surface area contributed by atoms with Crippen molar-refractivity contribution in [1.29, 1.82) is 0 Å². The molecule has 0 radical (unpaired) electrons. The Bertz CT molecular complexity index is 639. The minimum atomic E-state index is -0.142. The average molecular weight is 354 g/mol. The normalized spacial score (nSPS) is 10.1. The van der Waals surface area contributed by atoms with Crippen LogP contribution in [-0.2, 0) is 6.61 Å². The van der Waals surface area contributed by atoms with Crippen LogP contribution in [0.5, 0.6) is 5.75 Å². The molecule has 3 N–H and O–H groups in total. The zero-order valence-electron chi connectivity index (χ0n) is 14.0. The summed E-state index contributed by atoms with van der Waals surface area (Å²) in [6, 6.07) is 7.19. The summed E-state index contributed by atoms with van der Waals surface area (Å²) in [6.45, 7) is 5.26. The molecule has 0 atom stereocenters. The number of carbonyl (C=O) groups excluding carboxylic acids is 1. The summed E-state index contributed by atoms with van der Waals surface area (Å²) in [7, 11) is 0. The van der Waals surface area contributed by atoms with E-state index in [1.807, 2.05) is 26.0 Å². The fourth-order valence-electron chi connectivity index (χ4n) is 2.20. The molecule has 6 nitrogen and oxygen atoms in total. The number of amides is 1. The highest BCUT2D eigenvalue weighted by Crippen LogP contribution is 2.21. The van der Waals surface area contributed by atoms with Gasteiger partial charge in [0.25, 0.3) is 5.91 Å². The van der Waals surface area contributed by atoms with Gasteiger partial charge in [-0.1, -0.05) is 17.3 Å². The third-order valence-corrected chi connectivity index (χ3v) is 3.60. The molecule has 0 aliphatic heterocycles. The maximum absolute atomic E-state index is 12.3. The first kappa shape index (κ1) is 20.0. The average Bonchev–Trinajstić information content (AvgIpc) is 2.88. The largest absolute Gasteiger partial charge is 0.488 e. The summed E-state index contributed by atoms with van der Waals surface area (Å²) < 4.78 is 10.9. The second-order valence-electron chi connectivity index (χ2n) is 5.34. The summed E-state index contributed by atoms with van der Waals surface area (Å²) in [5.41, 5.74) is 7.67. The maximum atomic E-state index is 12.3. The van der Waals surface area contributed by atoms with Gasteiger partial charge in [0.15, 0.2) is 0 Å². The molecule has 1 heterocycles. The maximum Gasteiger partial charge on any atom is 0.255 e. The molecule has 0 aliphatic rings. The molecule has 0 saturated carbocycles. The number of halogens is 1. The second kappa shape index (κ2) is 9.95. The fraction of sp³-hybridized carbons (Fsp3) is 0.412. The van der Waals surface area contributed by atoms with Crippen LogP contribution in [0.25, 0.3) is 0 Å². The van der Waals surface area contributed by atoms with Crippen molar-refractivity contribution in [2.75, 3.05) is 13.1 Å². The lowest BCUT2D eigenvalue weighted by atomic mass is 10.1. The van der Waals surface area contributed by atoms with E-state index in [1.54, 1.807) is 12.1 Å². The third kappa shape index (κ3) is 5.25. The summed E-state index contributed by atoms with van der Waals surface area (Å²) in [6.07, 6.45) is 1.76. The van der Waals surface area contributed by atoms with Crippen LogP contribution in [0.3, 0.4) is 0 Å². The van der Waals surface area contributed by atoms with Gasteiger partial charge < -0.3 is 20.3 Å². The molecular formula is C17H24ClN3O3. The van der Waals surface area contributed by atoms with Crippen molar-refractivity contribution in [2.45, 2.75) is 33.3 Å². The molecule has 1 amide bonds. The number of benzene rings is 1. The monoisotopic (exact) mass is 353 g/mol. The number of aryl methyl sites for hydroxylation is 2. The van der Waals surface area contributed by atoms with Crippen LogP contribution in [0.2, 0.25) is 0 Å². The highest BCUT2D eigenvalue weighted by molar-refractivity contribution is 5.96. The smallest absolute Gasteiger partial charge is 0.255 e. The lowest BCUT2D eigenvalue weighted by Gasteiger charge is -2.11. The first-order valence-electron chi connectivity index (χ1n) is 7.75. The molecule has 132 valence electrons. The number of hydrogen-bond donors (Lipinski definition) is 2. The molecule has 7 heteroatoms. The summed E-state index contributed by atoms with van der Waals surface area (Å²) >= 11 is 0. The van der Waals surface area contributed by atoms with Crippen LogP contribution in [-0.4, -0.2) is 24.2 Å². The van der Waals surface area contributed by atoms with Crippen molar-refractivity contribution in [3.8, 4) is 5.75 Å². The Morgan fingerprint density at radius 1 is 1.29 bits per heavy atom. The highest BCUT2D eigenvalue weighted by atomic mass is 35.5. The Balaban J connectivity index is 0.00000288. The quantitative estimate of drug-likeness (QED) is 0.712. The number of aromatic nitrogens is 1. The highest BCUT2D eigenvalue weighted by Gasteiger charge is 2.14. The summed E-state index contributed by atoms with van der Waals surface area (Å²) in [5.74, 6) is 1.13. The molecule has 24 heavy (non-hydrogen) atoms. The van der Waals surface area contributed by atoms with E-state index in [0.29, 0.717) is 31.0 Å². The molecule has 1 aromatic carbocycles. The number of ether oxygens (including phenoxy) is 1. The lowest BCUT2D eigenvalue weighted by molar-refractivity contribution is 0.0948. The number of para-hydroxylation sites is 1. The standard InChI is InChI=1S/C17H23N3O3.ClH/c1-12-15(13(2)23-20-12)11-22-16-8-4-3-7-14(16)17(21)19-10-6-5-9-18;/h3-4,7-8H,5-6,9-11,18H2,1-2H3,(H,19,21);1H. The van der Waals surface area contributed by atoms with E-state index >= 15 is 0 Å². The molecule has 0 unspecified atom stereocenters. The molecule has 0 saturated heterocycles. The lowest BCUT2D eigenvalue weighted by Crippen LogP contribution is -2.25. The van der Waals surface area contributed by atoms with Crippen LogP contribution in [0.1, 0.15) is 40.2 Å². The molecule has 0 spiro atoms. The van der Waals surface area contributed by atoms with Crippen LogP contribution in [0, 0.1) is 13.8 Å². The number of nitrogens with zero attached hydrogens (tertiary/aromatic N) is 1. The minimum Gasteiger partial charge on any atom is -0.488 e. The Morgan fingerprint density at radius 3 is 2.71 bits per heavy atom. The third-order valence-electron chi connectivity index (χ3n) is 3.60. The topological polar surface area (TPSA) is 90.4 Å². The van der Waals surface area contributed by atoms with Crippen LogP contribution >= 0.6 is 12.4 Å². The number of rotatable bonds is 8. The van der Waals surface area contributed by atoms with E-state index in [4.69, 9.17) is 15.0 Å². The Morgan fingerprint density at radius 2 is 2.04 bits per heavy atom. The van der Waals surface area contributed by atoms with Crippen molar-refractivity contribution >= 4 is 18.3 Å². The zero-order chi connectivity index (χ0) is 16.7. The van der Waals surface area contributed by atoms with E-state index in [2.05, 4.69) is 10.5 Å². The molecule has 0 aliphatic carbocycles. The van der Waals surface area contributed by atoms with Gasteiger partial charge in [-0.05, 0) is 45.4 Å². The second-order valence-corrected chi connectivity index (χ2v) is 5.34. The van der Waals surface area contributed by atoms with Crippen LogP contribution in [0.15, 0.2) is 28.8 Å². The van der Waals surface area contributed by atoms with Gasteiger partial charge in [0.05, 0.1) is 16.8 Å². The van der Waals surface area contributed by atoms with Gasteiger partial charge in [0, 0.05) is 6.54 Å². The first-order chi connectivity index (χ1) is 11.1. The number of unbranched alkanes of at least 4 members (excludes halogenated alkanes) is 1. The van der Waals surface area contributed by atoms with Crippen molar-refractivity contribution in [1.82, 2.24) is 10.5 Å². The molecule has 2 aromatic rings. The Labute approximate surface area is 148 Å². The van der Waals surface area contributed by atoms with Gasteiger partial charge in [-0.2, -0.15) is 0 Å². The molecular weight excluding hydrogens is 330 g/mol. The van der Waals surface area contributed by atoms with E-state index in [0.717, 1.165) is 29.9 Å². The summed E-state index contributed by atoms with van der Waals surface area (Å²) in [4.78, 5) is 12.3. The van der Waals surface area contributed by atoms with Gasteiger partial charge in [0.1, 0.15) is 18.1 Å². The molecule has 0 fully saturated rings. The summed E-state index contributed by atoms with van der Waals surface area (Å²) in [5, 5.41) is 6.78. The van der Waals surface area contributed by atoms with Crippen molar-refractivity contribution in [3.05, 3.63) is 46.8 Å². The van der Waals surface area contributed by atoms with Gasteiger partial charge in [-0.25, -0.2) is 0 Å². The van der Waals surface area contributed by atoms with Crippen LogP contribution < -0.4 is 15.8 Å². The van der Waals surface area contributed by atoms with Gasteiger partial charge >= 0.3 is 0 Å². The van der Waals surface area contributed by atoms with Crippen molar-refractivity contribution in [3.63, 3.8) is 0 Å².